The van der Waals surface area contributed by atoms with Crippen LogP contribution in [0.5, 0.6) is 0 Å². The van der Waals surface area contributed by atoms with Crippen molar-refractivity contribution in [1.82, 2.24) is 9.80 Å². The van der Waals surface area contributed by atoms with Crippen molar-refractivity contribution in [3.63, 3.8) is 0 Å². The van der Waals surface area contributed by atoms with Crippen LogP contribution in [0.4, 0.5) is 0 Å². The molecule has 1 unspecified atom stereocenters. The van der Waals surface area contributed by atoms with Gasteiger partial charge in [0.15, 0.2) is 0 Å². The summed E-state index contributed by atoms with van der Waals surface area (Å²) in [6, 6.07) is 11.0. The van der Waals surface area contributed by atoms with E-state index in [-0.39, 0.29) is 11.9 Å². The summed E-state index contributed by atoms with van der Waals surface area (Å²) in [7, 11) is 0. The maximum Gasteiger partial charge on any atom is 0.237 e. The van der Waals surface area contributed by atoms with Crippen LogP contribution in [-0.4, -0.2) is 47.9 Å². The summed E-state index contributed by atoms with van der Waals surface area (Å²) in [5.41, 5.74) is 7.19. The van der Waals surface area contributed by atoms with Crippen LogP contribution in [0.2, 0.25) is 0 Å². The monoisotopic (exact) mass is 287 g/mol. The molecular weight excluding hydrogens is 262 g/mol. The van der Waals surface area contributed by atoms with Gasteiger partial charge in [-0.05, 0) is 31.2 Å². The Morgan fingerprint density at radius 1 is 1.10 bits per heavy atom. The Hall–Kier alpha value is -1.39. The Balaban J connectivity index is 1.61. The fourth-order valence-corrected chi connectivity index (χ4v) is 3.48. The molecule has 2 N–H and O–H groups in total. The number of amides is 1. The molecule has 2 aliphatic rings. The van der Waals surface area contributed by atoms with Crippen molar-refractivity contribution in [3.05, 3.63) is 35.9 Å². The number of carbonyl (C=O) groups excluding carboxylic acids is 1. The molecule has 1 amide bonds. The number of rotatable bonds is 3. The summed E-state index contributed by atoms with van der Waals surface area (Å²) >= 11 is 0. The molecule has 1 aromatic carbocycles. The van der Waals surface area contributed by atoms with E-state index in [1.54, 1.807) is 0 Å². The number of piperidine rings is 1. The predicted octanol–water partition coefficient (Wildman–Crippen LogP) is 1.77. The van der Waals surface area contributed by atoms with E-state index in [9.17, 15) is 4.79 Å². The van der Waals surface area contributed by atoms with Gasteiger partial charge in [-0.2, -0.15) is 0 Å². The molecule has 0 bridgehead atoms. The lowest BCUT2D eigenvalue weighted by Crippen LogP contribution is -2.45. The Morgan fingerprint density at radius 3 is 2.52 bits per heavy atom. The molecule has 1 atom stereocenters. The van der Waals surface area contributed by atoms with Crippen LogP contribution in [-0.2, 0) is 4.79 Å². The molecule has 0 aliphatic carbocycles. The molecule has 0 aromatic heterocycles. The zero-order chi connectivity index (χ0) is 14.7. The van der Waals surface area contributed by atoms with E-state index in [1.165, 1.54) is 5.56 Å². The third-order valence-electron chi connectivity index (χ3n) is 4.75. The minimum atomic E-state index is 0.269. The topological polar surface area (TPSA) is 49.6 Å². The molecule has 2 heterocycles. The van der Waals surface area contributed by atoms with Crippen LogP contribution in [0.1, 0.15) is 37.3 Å². The lowest BCUT2D eigenvalue weighted by molar-refractivity contribution is -0.133. The van der Waals surface area contributed by atoms with Gasteiger partial charge in [-0.3, -0.25) is 9.69 Å². The first-order valence-electron chi connectivity index (χ1n) is 8.06. The first-order valence-corrected chi connectivity index (χ1v) is 8.06. The molecule has 21 heavy (non-hydrogen) atoms. The van der Waals surface area contributed by atoms with Crippen molar-refractivity contribution in [2.24, 2.45) is 5.73 Å². The van der Waals surface area contributed by atoms with Gasteiger partial charge in [0.2, 0.25) is 5.91 Å². The molecule has 2 aliphatic heterocycles. The minimum Gasteiger partial charge on any atom is -0.335 e. The Kier molecular flexibility index (Phi) is 4.56. The quantitative estimate of drug-likeness (QED) is 0.922. The number of hydrogen-bond donors (Lipinski definition) is 1. The maximum absolute atomic E-state index is 12.6. The van der Waals surface area contributed by atoms with Gasteiger partial charge in [-0.1, -0.05) is 30.3 Å². The zero-order valence-electron chi connectivity index (χ0n) is 12.6. The number of hydrogen-bond acceptors (Lipinski definition) is 3. The molecule has 0 spiro atoms. The number of benzene rings is 1. The lowest BCUT2D eigenvalue weighted by Gasteiger charge is -2.32. The lowest BCUT2D eigenvalue weighted by atomic mass is 10.0. The van der Waals surface area contributed by atoms with Crippen molar-refractivity contribution in [2.75, 3.05) is 26.2 Å². The summed E-state index contributed by atoms with van der Waals surface area (Å²) in [6.45, 7) is 3.36. The third kappa shape index (κ3) is 3.44. The van der Waals surface area contributed by atoms with Gasteiger partial charge in [0.1, 0.15) is 0 Å². The Morgan fingerprint density at radius 2 is 1.81 bits per heavy atom. The third-order valence-corrected chi connectivity index (χ3v) is 4.75. The first-order chi connectivity index (χ1) is 10.2. The second-order valence-electron chi connectivity index (χ2n) is 6.27. The summed E-state index contributed by atoms with van der Waals surface area (Å²) in [5.74, 6) is 0.275. The summed E-state index contributed by atoms with van der Waals surface area (Å²) in [6.07, 6.45) is 4.21. The second kappa shape index (κ2) is 6.58. The van der Waals surface area contributed by atoms with Gasteiger partial charge in [0, 0.05) is 25.7 Å². The van der Waals surface area contributed by atoms with Crippen molar-refractivity contribution < 1.29 is 4.79 Å². The van der Waals surface area contributed by atoms with E-state index in [2.05, 4.69) is 34.1 Å². The molecule has 2 saturated heterocycles. The molecule has 2 fully saturated rings. The van der Waals surface area contributed by atoms with E-state index >= 15 is 0 Å². The predicted molar refractivity (Wildman–Crippen MR) is 83.8 cm³/mol. The van der Waals surface area contributed by atoms with Crippen LogP contribution >= 0.6 is 0 Å². The smallest absolute Gasteiger partial charge is 0.237 e. The van der Waals surface area contributed by atoms with Crippen LogP contribution in [0.15, 0.2) is 30.3 Å². The molecule has 3 rings (SSSR count). The fourth-order valence-electron chi connectivity index (χ4n) is 3.48. The van der Waals surface area contributed by atoms with Crippen molar-refractivity contribution in [3.8, 4) is 0 Å². The number of nitrogens with zero attached hydrogens (tertiary/aromatic N) is 2. The highest BCUT2D eigenvalue weighted by Crippen LogP contribution is 2.31. The van der Waals surface area contributed by atoms with Crippen LogP contribution in [0.3, 0.4) is 0 Å². The van der Waals surface area contributed by atoms with E-state index in [1.807, 2.05) is 6.07 Å². The maximum atomic E-state index is 12.6. The van der Waals surface area contributed by atoms with Gasteiger partial charge < -0.3 is 10.6 Å². The van der Waals surface area contributed by atoms with E-state index in [0.717, 1.165) is 45.3 Å². The summed E-state index contributed by atoms with van der Waals surface area (Å²) in [4.78, 5) is 17.0. The van der Waals surface area contributed by atoms with Gasteiger partial charge in [0.25, 0.3) is 0 Å². The van der Waals surface area contributed by atoms with Crippen molar-refractivity contribution >= 4 is 5.91 Å². The van der Waals surface area contributed by atoms with Crippen LogP contribution in [0.25, 0.3) is 0 Å². The molecule has 1 aromatic rings. The molecule has 0 saturated carbocycles. The largest absolute Gasteiger partial charge is 0.335 e. The average Bonchev–Trinajstić information content (AvgIpc) is 3.00. The van der Waals surface area contributed by atoms with Crippen LogP contribution in [0, 0.1) is 0 Å². The highest BCUT2D eigenvalue weighted by Gasteiger charge is 2.31. The Labute approximate surface area is 126 Å². The van der Waals surface area contributed by atoms with E-state index < -0.39 is 0 Å². The highest BCUT2D eigenvalue weighted by atomic mass is 16.2. The molecule has 114 valence electrons. The van der Waals surface area contributed by atoms with E-state index in [0.29, 0.717) is 12.6 Å². The minimum absolute atomic E-state index is 0.269. The molecule has 4 nitrogen and oxygen atoms in total. The van der Waals surface area contributed by atoms with Gasteiger partial charge in [0.05, 0.1) is 12.6 Å². The number of likely N-dealkylation sites (tertiary alicyclic amines) is 2. The van der Waals surface area contributed by atoms with Gasteiger partial charge >= 0.3 is 0 Å². The normalized spacial score (nSPS) is 24.4. The average molecular weight is 287 g/mol. The number of nitrogens with two attached hydrogens (primary N) is 1. The fraction of sp³-hybridized carbons (Fsp3) is 0.588. The van der Waals surface area contributed by atoms with Gasteiger partial charge in [-0.25, -0.2) is 0 Å². The molecule has 0 radical (unpaired) electrons. The summed E-state index contributed by atoms with van der Waals surface area (Å²) < 4.78 is 0. The SMILES string of the molecule is NC1CCN(CC(=O)N2CCCC2c2ccccc2)CC1. The van der Waals surface area contributed by atoms with Gasteiger partial charge in [-0.15, -0.1) is 0 Å². The van der Waals surface area contributed by atoms with Crippen LogP contribution < -0.4 is 5.73 Å². The van der Waals surface area contributed by atoms with Crippen molar-refractivity contribution in [1.29, 1.82) is 0 Å². The second-order valence-corrected chi connectivity index (χ2v) is 6.27. The standard InChI is InChI=1S/C17H25N3O/c18-15-8-11-19(12-9-15)13-17(21)20-10-4-7-16(20)14-5-2-1-3-6-14/h1-3,5-6,15-16H,4,7-13,18H2. The first kappa shape index (κ1) is 14.5. The number of carbonyl (C=O) groups is 1. The summed E-state index contributed by atoms with van der Waals surface area (Å²) in [5, 5.41) is 0. The molecular formula is C17H25N3O. The molecule has 4 heteroatoms. The highest BCUT2D eigenvalue weighted by molar-refractivity contribution is 5.79. The van der Waals surface area contributed by atoms with E-state index in [4.69, 9.17) is 5.73 Å². The Bertz CT molecular complexity index is 468. The van der Waals surface area contributed by atoms with Crippen molar-refractivity contribution in [2.45, 2.75) is 37.8 Å². The zero-order valence-corrected chi connectivity index (χ0v) is 12.6.